The van der Waals surface area contributed by atoms with Crippen molar-refractivity contribution in [3.8, 4) is 5.88 Å². The smallest absolute Gasteiger partial charge is 0.372 e. The monoisotopic (exact) mass is 294 g/mol. The minimum absolute atomic E-state index is 0.0800. The van der Waals surface area contributed by atoms with E-state index in [1.54, 1.807) is 12.1 Å². The summed E-state index contributed by atoms with van der Waals surface area (Å²) in [5.41, 5.74) is 0.630. The number of nitro groups is 1. The van der Waals surface area contributed by atoms with Crippen LogP contribution in [0.1, 0.15) is 5.56 Å². The number of halogens is 1. The van der Waals surface area contributed by atoms with Gasteiger partial charge in [-0.3, -0.25) is 10.1 Å². The highest BCUT2D eigenvalue weighted by Crippen LogP contribution is 2.30. The normalized spacial score (nSPS) is 10.1. The van der Waals surface area contributed by atoms with Crippen LogP contribution in [0.5, 0.6) is 5.88 Å². The number of ether oxygens (including phenoxy) is 1. The molecule has 8 heteroatoms. The van der Waals surface area contributed by atoms with Crippen LogP contribution < -0.4 is 10.1 Å². The highest BCUT2D eigenvalue weighted by molar-refractivity contribution is 6.30. The maximum Gasteiger partial charge on any atom is 0.372 e. The Morgan fingerprint density at radius 1 is 1.35 bits per heavy atom. The van der Waals surface area contributed by atoms with Crippen molar-refractivity contribution in [1.29, 1.82) is 0 Å². The number of nitrogens with zero attached hydrogens (tertiary/aromatic N) is 3. The molecule has 0 atom stereocenters. The molecule has 0 amide bonds. The number of hydrogen-bond donors (Lipinski definition) is 1. The molecule has 1 aromatic heterocycles. The van der Waals surface area contributed by atoms with Crippen molar-refractivity contribution < 1.29 is 9.66 Å². The van der Waals surface area contributed by atoms with E-state index in [1.807, 2.05) is 12.1 Å². The Balaban J connectivity index is 2.21. The standard InChI is InChI=1S/C12H11ClN4O3/c1-20-12-10(17(18)19)11(15-7-16-12)14-6-8-2-4-9(13)5-3-8/h2-5,7H,6H2,1H3,(H,14,15,16). The van der Waals surface area contributed by atoms with Crippen LogP contribution in [0.2, 0.25) is 5.02 Å². The molecule has 0 fully saturated rings. The zero-order chi connectivity index (χ0) is 14.5. The number of benzene rings is 1. The third-order valence-electron chi connectivity index (χ3n) is 2.54. The summed E-state index contributed by atoms with van der Waals surface area (Å²) < 4.78 is 4.86. The van der Waals surface area contributed by atoms with Gasteiger partial charge in [-0.05, 0) is 17.7 Å². The summed E-state index contributed by atoms with van der Waals surface area (Å²) in [5.74, 6) is 0.0282. The number of nitrogens with one attached hydrogen (secondary N) is 1. The second kappa shape index (κ2) is 6.16. The Hall–Kier alpha value is -2.41. The van der Waals surface area contributed by atoms with Crippen molar-refractivity contribution in [2.75, 3.05) is 12.4 Å². The molecule has 104 valence electrons. The van der Waals surface area contributed by atoms with Crippen molar-refractivity contribution in [1.82, 2.24) is 9.97 Å². The molecule has 0 aliphatic heterocycles. The van der Waals surface area contributed by atoms with Gasteiger partial charge >= 0.3 is 5.69 Å². The lowest BCUT2D eigenvalue weighted by Crippen LogP contribution is -2.07. The van der Waals surface area contributed by atoms with Gasteiger partial charge in [-0.1, -0.05) is 23.7 Å². The van der Waals surface area contributed by atoms with Crippen LogP contribution in [0.3, 0.4) is 0 Å². The van der Waals surface area contributed by atoms with Gasteiger partial charge in [-0.25, -0.2) is 4.98 Å². The molecule has 0 aliphatic rings. The first kappa shape index (κ1) is 14.0. The van der Waals surface area contributed by atoms with Gasteiger partial charge in [0.05, 0.1) is 12.0 Å². The highest BCUT2D eigenvalue weighted by atomic mass is 35.5. The third-order valence-corrected chi connectivity index (χ3v) is 2.79. The van der Waals surface area contributed by atoms with Gasteiger partial charge in [0.2, 0.25) is 5.82 Å². The van der Waals surface area contributed by atoms with E-state index >= 15 is 0 Å². The lowest BCUT2D eigenvalue weighted by atomic mass is 10.2. The van der Waals surface area contributed by atoms with Gasteiger partial charge in [0.25, 0.3) is 5.88 Å². The minimum Gasteiger partial charge on any atom is -0.476 e. The Kier molecular flexibility index (Phi) is 4.31. The summed E-state index contributed by atoms with van der Waals surface area (Å²) in [6.45, 7) is 0.373. The molecule has 20 heavy (non-hydrogen) atoms. The summed E-state index contributed by atoms with van der Waals surface area (Å²) in [6, 6.07) is 7.13. The van der Waals surface area contributed by atoms with E-state index < -0.39 is 4.92 Å². The van der Waals surface area contributed by atoms with Crippen molar-refractivity contribution >= 4 is 23.1 Å². The van der Waals surface area contributed by atoms with Crippen molar-refractivity contribution in [3.05, 3.63) is 51.3 Å². The maximum absolute atomic E-state index is 11.0. The number of aromatic nitrogens is 2. The summed E-state index contributed by atoms with van der Waals surface area (Å²) in [5, 5.41) is 14.6. The Morgan fingerprint density at radius 2 is 2.05 bits per heavy atom. The van der Waals surface area contributed by atoms with Crippen LogP contribution in [0.25, 0.3) is 0 Å². The molecule has 2 rings (SSSR count). The second-order valence-corrected chi connectivity index (χ2v) is 4.25. The predicted octanol–water partition coefficient (Wildman–Crippen LogP) is 2.66. The average Bonchev–Trinajstić information content (AvgIpc) is 2.46. The molecular formula is C12H11ClN4O3. The molecule has 2 aromatic rings. The van der Waals surface area contributed by atoms with Gasteiger partial charge in [-0.15, -0.1) is 0 Å². The zero-order valence-corrected chi connectivity index (χ0v) is 11.3. The third kappa shape index (κ3) is 3.12. The fraction of sp³-hybridized carbons (Fsp3) is 0.167. The lowest BCUT2D eigenvalue weighted by molar-refractivity contribution is -0.385. The molecule has 0 spiro atoms. The lowest BCUT2D eigenvalue weighted by Gasteiger charge is -2.07. The molecule has 0 radical (unpaired) electrons. The van der Waals surface area contributed by atoms with E-state index in [4.69, 9.17) is 16.3 Å². The summed E-state index contributed by atoms with van der Waals surface area (Å²) in [7, 11) is 1.32. The summed E-state index contributed by atoms with van der Waals surface area (Å²) in [6.07, 6.45) is 1.20. The van der Waals surface area contributed by atoms with Crippen LogP contribution in [-0.4, -0.2) is 22.0 Å². The van der Waals surface area contributed by atoms with Gasteiger partial charge in [0.15, 0.2) is 0 Å². The highest BCUT2D eigenvalue weighted by Gasteiger charge is 2.23. The van der Waals surface area contributed by atoms with E-state index in [9.17, 15) is 10.1 Å². The largest absolute Gasteiger partial charge is 0.476 e. The molecule has 1 N–H and O–H groups in total. The SMILES string of the molecule is COc1ncnc(NCc2ccc(Cl)cc2)c1[N+](=O)[O-]. The topological polar surface area (TPSA) is 90.2 Å². The molecule has 0 saturated carbocycles. The molecule has 0 unspecified atom stereocenters. The molecular weight excluding hydrogens is 284 g/mol. The number of rotatable bonds is 5. The zero-order valence-electron chi connectivity index (χ0n) is 10.5. The quantitative estimate of drug-likeness (QED) is 0.673. The van der Waals surface area contributed by atoms with E-state index in [0.717, 1.165) is 5.56 Å². The summed E-state index contributed by atoms with van der Waals surface area (Å²) >= 11 is 5.79. The predicted molar refractivity (Wildman–Crippen MR) is 74.0 cm³/mol. The first-order valence-corrected chi connectivity index (χ1v) is 6.01. The Morgan fingerprint density at radius 3 is 2.65 bits per heavy atom. The summed E-state index contributed by atoms with van der Waals surface area (Å²) in [4.78, 5) is 18.0. The number of anilines is 1. The van der Waals surface area contributed by atoms with E-state index in [-0.39, 0.29) is 17.4 Å². The average molecular weight is 295 g/mol. The molecule has 1 aromatic carbocycles. The van der Waals surface area contributed by atoms with E-state index in [1.165, 1.54) is 13.4 Å². The van der Waals surface area contributed by atoms with Crippen LogP contribution in [-0.2, 0) is 6.54 Å². The van der Waals surface area contributed by atoms with Crippen molar-refractivity contribution in [3.63, 3.8) is 0 Å². The van der Waals surface area contributed by atoms with Crippen molar-refractivity contribution in [2.24, 2.45) is 0 Å². The molecule has 0 saturated heterocycles. The van der Waals surface area contributed by atoms with Gasteiger partial charge in [-0.2, -0.15) is 4.98 Å². The molecule has 0 aliphatic carbocycles. The fourth-order valence-electron chi connectivity index (χ4n) is 1.59. The van der Waals surface area contributed by atoms with Gasteiger partial charge in [0, 0.05) is 11.6 Å². The fourth-order valence-corrected chi connectivity index (χ4v) is 1.72. The van der Waals surface area contributed by atoms with Crippen LogP contribution >= 0.6 is 11.6 Å². The van der Waals surface area contributed by atoms with Gasteiger partial charge in [0.1, 0.15) is 6.33 Å². The van der Waals surface area contributed by atoms with Crippen LogP contribution in [0.15, 0.2) is 30.6 Å². The first-order valence-electron chi connectivity index (χ1n) is 5.63. The van der Waals surface area contributed by atoms with Crippen LogP contribution in [0.4, 0.5) is 11.5 Å². The molecule has 0 bridgehead atoms. The second-order valence-electron chi connectivity index (χ2n) is 3.82. The van der Waals surface area contributed by atoms with E-state index in [0.29, 0.717) is 11.6 Å². The molecule has 7 nitrogen and oxygen atoms in total. The first-order chi connectivity index (χ1) is 9.61. The van der Waals surface area contributed by atoms with Crippen LogP contribution in [0, 0.1) is 10.1 Å². The number of hydrogen-bond acceptors (Lipinski definition) is 6. The van der Waals surface area contributed by atoms with Crippen molar-refractivity contribution in [2.45, 2.75) is 6.54 Å². The Bertz CT molecular complexity index is 619. The Labute approximate surface area is 119 Å². The maximum atomic E-state index is 11.0. The number of methoxy groups -OCH3 is 1. The minimum atomic E-state index is -0.580. The van der Waals surface area contributed by atoms with E-state index in [2.05, 4.69) is 15.3 Å². The van der Waals surface area contributed by atoms with Gasteiger partial charge < -0.3 is 10.1 Å². The molecule has 1 heterocycles.